The van der Waals surface area contributed by atoms with Crippen LogP contribution in [0.5, 0.6) is 0 Å². The highest BCUT2D eigenvalue weighted by molar-refractivity contribution is 14.0. The molecule has 0 heterocycles. The first-order valence-corrected chi connectivity index (χ1v) is 8.02. The number of nitrogens with zero attached hydrogens (tertiary/aromatic N) is 1. The van der Waals surface area contributed by atoms with E-state index in [9.17, 15) is 0 Å². The normalized spacial score (nSPS) is 14.3. The lowest BCUT2D eigenvalue weighted by Crippen LogP contribution is -2.39. The summed E-state index contributed by atoms with van der Waals surface area (Å²) in [4.78, 5) is 4.59. The molecule has 0 aromatic heterocycles. The SMILES string of the molecule is CCNC(=NCCC1CC1)NCCOCc1ccccc1.I. The Morgan fingerprint density at radius 1 is 1.23 bits per heavy atom. The van der Waals surface area contributed by atoms with Crippen molar-refractivity contribution in [2.24, 2.45) is 10.9 Å². The maximum Gasteiger partial charge on any atom is 0.191 e. The fourth-order valence-electron chi connectivity index (χ4n) is 2.11. The van der Waals surface area contributed by atoms with Crippen LogP contribution >= 0.6 is 24.0 Å². The first kappa shape index (κ1) is 19.2. The maximum absolute atomic E-state index is 5.66. The fraction of sp³-hybridized carbons (Fsp3) is 0.588. The monoisotopic (exact) mass is 417 g/mol. The van der Waals surface area contributed by atoms with Crippen LogP contribution < -0.4 is 10.6 Å². The summed E-state index contributed by atoms with van der Waals surface area (Å²) in [5.41, 5.74) is 1.21. The highest BCUT2D eigenvalue weighted by atomic mass is 127. The molecule has 0 aliphatic heterocycles. The van der Waals surface area contributed by atoms with Gasteiger partial charge in [0, 0.05) is 19.6 Å². The van der Waals surface area contributed by atoms with Crippen LogP contribution in [-0.2, 0) is 11.3 Å². The van der Waals surface area contributed by atoms with Gasteiger partial charge in [0.05, 0.1) is 13.2 Å². The zero-order valence-electron chi connectivity index (χ0n) is 13.4. The maximum atomic E-state index is 5.66. The molecule has 1 aliphatic rings. The van der Waals surface area contributed by atoms with E-state index < -0.39 is 0 Å². The molecule has 22 heavy (non-hydrogen) atoms. The molecule has 0 spiro atoms. The van der Waals surface area contributed by atoms with Crippen LogP contribution in [0.25, 0.3) is 0 Å². The van der Waals surface area contributed by atoms with Gasteiger partial charge < -0.3 is 15.4 Å². The van der Waals surface area contributed by atoms with Crippen molar-refractivity contribution in [1.82, 2.24) is 10.6 Å². The second-order valence-electron chi connectivity index (χ2n) is 5.46. The van der Waals surface area contributed by atoms with E-state index in [0.717, 1.165) is 31.5 Å². The molecule has 0 amide bonds. The summed E-state index contributed by atoms with van der Waals surface area (Å²) in [6.45, 7) is 6.02. The summed E-state index contributed by atoms with van der Waals surface area (Å²) in [6.07, 6.45) is 4.01. The van der Waals surface area contributed by atoms with E-state index >= 15 is 0 Å². The van der Waals surface area contributed by atoms with Crippen molar-refractivity contribution in [2.75, 3.05) is 26.2 Å². The number of benzene rings is 1. The van der Waals surface area contributed by atoms with Crippen molar-refractivity contribution < 1.29 is 4.74 Å². The van der Waals surface area contributed by atoms with Gasteiger partial charge in [-0.15, -0.1) is 24.0 Å². The minimum atomic E-state index is 0. The van der Waals surface area contributed by atoms with Gasteiger partial charge in [-0.05, 0) is 24.8 Å². The molecule has 1 aromatic rings. The summed E-state index contributed by atoms with van der Waals surface area (Å²) in [5, 5.41) is 6.58. The fourth-order valence-corrected chi connectivity index (χ4v) is 2.11. The van der Waals surface area contributed by atoms with Crippen molar-refractivity contribution in [2.45, 2.75) is 32.8 Å². The molecule has 4 nitrogen and oxygen atoms in total. The second kappa shape index (κ2) is 11.7. The van der Waals surface area contributed by atoms with Gasteiger partial charge in [-0.3, -0.25) is 4.99 Å². The van der Waals surface area contributed by atoms with Crippen LogP contribution in [0.1, 0.15) is 31.7 Å². The molecule has 0 atom stereocenters. The number of hydrogen-bond acceptors (Lipinski definition) is 2. The molecule has 1 aromatic carbocycles. The average Bonchev–Trinajstić information content (AvgIpc) is 3.32. The molecule has 2 N–H and O–H groups in total. The lowest BCUT2D eigenvalue weighted by atomic mass is 10.2. The highest BCUT2D eigenvalue weighted by Gasteiger charge is 2.20. The Hall–Kier alpha value is -0.820. The molecule has 1 saturated carbocycles. The lowest BCUT2D eigenvalue weighted by molar-refractivity contribution is 0.125. The third-order valence-electron chi connectivity index (χ3n) is 3.50. The van der Waals surface area contributed by atoms with Gasteiger partial charge in [-0.1, -0.05) is 43.2 Å². The Bertz CT molecular complexity index is 421. The predicted octanol–water partition coefficient (Wildman–Crippen LogP) is 3.18. The quantitative estimate of drug-likeness (QED) is 0.281. The van der Waals surface area contributed by atoms with E-state index in [1.165, 1.54) is 24.8 Å². The average molecular weight is 417 g/mol. The zero-order chi connectivity index (χ0) is 14.8. The van der Waals surface area contributed by atoms with E-state index in [-0.39, 0.29) is 24.0 Å². The van der Waals surface area contributed by atoms with Gasteiger partial charge in [0.1, 0.15) is 0 Å². The number of rotatable bonds is 9. The van der Waals surface area contributed by atoms with Gasteiger partial charge in [0.15, 0.2) is 5.96 Å². The Kier molecular flexibility index (Phi) is 10.2. The molecule has 1 fully saturated rings. The summed E-state index contributed by atoms with van der Waals surface area (Å²) >= 11 is 0. The summed E-state index contributed by atoms with van der Waals surface area (Å²) in [5.74, 6) is 1.84. The smallest absolute Gasteiger partial charge is 0.191 e. The van der Waals surface area contributed by atoms with Crippen LogP contribution in [0.4, 0.5) is 0 Å². The van der Waals surface area contributed by atoms with Gasteiger partial charge in [0.2, 0.25) is 0 Å². The minimum Gasteiger partial charge on any atom is -0.375 e. The van der Waals surface area contributed by atoms with Gasteiger partial charge in [0.25, 0.3) is 0 Å². The van der Waals surface area contributed by atoms with Crippen molar-refractivity contribution in [3.63, 3.8) is 0 Å². The van der Waals surface area contributed by atoms with Gasteiger partial charge in [-0.25, -0.2) is 0 Å². The second-order valence-corrected chi connectivity index (χ2v) is 5.46. The molecule has 2 rings (SSSR count). The van der Waals surface area contributed by atoms with Crippen LogP contribution in [0.15, 0.2) is 35.3 Å². The Morgan fingerprint density at radius 3 is 2.68 bits per heavy atom. The molecule has 0 unspecified atom stereocenters. The Labute approximate surface area is 151 Å². The lowest BCUT2D eigenvalue weighted by Gasteiger charge is -2.11. The minimum absolute atomic E-state index is 0. The summed E-state index contributed by atoms with van der Waals surface area (Å²) in [7, 11) is 0. The summed E-state index contributed by atoms with van der Waals surface area (Å²) in [6, 6.07) is 10.2. The standard InChI is InChI=1S/C17H27N3O.HI/c1-2-18-17(19-11-10-15-8-9-15)20-12-13-21-14-16-6-4-3-5-7-16;/h3-7,15H,2,8-14H2,1H3,(H2,18,19,20);1H. The molecule has 0 saturated heterocycles. The van der Waals surface area contributed by atoms with E-state index in [4.69, 9.17) is 4.74 Å². The molecule has 5 heteroatoms. The number of hydrogen-bond donors (Lipinski definition) is 2. The van der Waals surface area contributed by atoms with E-state index in [0.29, 0.717) is 13.2 Å². The molecule has 1 aliphatic carbocycles. The van der Waals surface area contributed by atoms with Gasteiger partial charge >= 0.3 is 0 Å². The summed E-state index contributed by atoms with van der Waals surface area (Å²) < 4.78 is 5.66. The van der Waals surface area contributed by atoms with Crippen LogP contribution in [-0.4, -0.2) is 32.2 Å². The van der Waals surface area contributed by atoms with Crippen LogP contribution in [0, 0.1) is 5.92 Å². The van der Waals surface area contributed by atoms with Crippen LogP contribution in [0.3, 0.4) is 0 Å². The van der Waals surface area contributed by atoms with Crippen LogP contribution in [0.2, 0.25) is 0 Å². The highest BCUT2D eigenvalue weighted by Crippen LogP contribution is 2.32. The van der Waals surface area contributed by atoms with Crippen molar-refractivity contribution in [1.29, 1.82) is 0 Å². The van der Waals surface area contributed by atoms with E-state index in [1.807, 2.05) is 18.2 Å². The van der Waals surface area contributed by atoms with Crippen molar-refractivity contribution >= 4 is 29.9 Å². The largest absolute Gasteiger partial charge is 0.375 e. The molecular weight excluding hydrogens is 389 g/mol. The third-order valence-corrected chi connectivity index (χ3v) is 3.50. The third kappa shape index (κ3) is 8.58. The first-order valence-electron chi connectivity index (χ1n) is 8.02. The Balaban J connectivity index is 0.00000242. The Morgan fingerprint density at radius 2 is 2.00 bits per heavy atom. The number of nitrogens with one attached hydrogen (secondary N) is 2. The first-order chi connectivity index (χ1) is 10.4. The number of guanidine groups is 1. The molecule has 0 radical (unpaired) electrons. The van der Waals surface area contributed by atoms with Crippen molar-refractivity contribution in [3.8, 4) is 0 Å². The molecule has 124 valence electrons. The number of halogens is 1. The number of aliphatic imine (C=N–C) groups is 1. The van der Waals surface area contributed by atoms with E-state index in [1.54, 1.807) is 0 Å². The molecular formula is C17H28IN3O. The zero-order valence-corrected chi connectivity index (χ0v) is 15.7. The predicted molar refractivity (Wildman–Crippen MR) is 103 cm³/mol. The molecule has 0 bridgehead atoms. The van der Waals surface area contributed by atoms with E-state index in [2.05, 4.69) is 34.7 Å². The number of ether oxygens (including phenoxy) is 1. The van der Waals surface area contributed by atoms with Crippen molar-refractivity contribution in [3.05, 3.63) is 35.9 Å². The topological polar surface area (TPSA) is 45.7 Å². The van der Waals surface area contributed by atoms with Gasteiger partial charge in [-0.2, -0.15) is 0 Å².